The predicted octanol–water partition coefficient (Wildman–Crippen LogP) is 2.36. The third-order valence-electron chi connectivity index (χ3n) is 3.80. The van der Waals surface area contributed by atoms with Crippen LogP contribution in [-0.2, 0) is 4.79 Å². The lowest BCUT2D eigenvalue weighted by Crippen LogP contribution is -2.35. The molecule has 132 valence electrons. The van der Waals surface area contributed by atoms with Crippen molar-refractivity contribution in [2.75, 3.05) is 38.5 Å². The van der Waals surface area contributed by atoms with E-state index in [4.69, 9.17) is 0 Å². The Kier molecular flexibility index (Phi) is 5.82. The van der Waals surface area contributed by atoms with Gasteiger partial charge in [0.05, 0.1) is 11.3 Å². The lowest BCUT2D eigenvalue weighted by molar-refractivity contribution is -0.150. The van der Waals surface area contributed by atoms with E-state index in [-0.39, 0.29) is 17.2 Å². The minimum atomic E-state index is -4.58. The maximum Gasteiger partial charge on any atom is 0.397 e. The first-order chi connectivity index (χ1) is 11.3. The molecule has 0 saturated carbocycles. The van der Waals surface area contributed by atoms with Crippen molar-refractivity contribution in [3.05, 3.63) is 29.8 Å². The molecule has 5 nitrogen and oxygen atoms in total. The number of benzene rings is 1. The number of nitrogens with zero attached hydrogens (tertiary/aromatic N) is 2. The zero-order chi connectivity index (χ0) is 17.7. The van der Waals surface area contributed by atoms with Gasteiger partial charge in [0.1, 0.15) is 6.42 Å². The fraction of sp³-hybridized carbons (Fsp3) is 0.500. The third kappa shape index (κ3) is 5.23. The number of hydrogen-bond acceptors (Lipinski definition) is 3. The molecular formula is C16H20F3N3O2. The second kappa shape index (κ2) is 7.65. The molecule has 1 aromatic rings. The van der Waals surface area contributed by atoms with Crippen molar-refractivity contribution in [1.29, 1.82) is 0 Å². The van der Waals surface area contributed by atoms with Gasteiger partial charge in [0, 0.05) is 19.6 Å². The van der Waals surface area contributed by atoms with E-state index in [0.29, 0.717) is 13.1 Å². The van der Waals surface area contributed by atoms with Crippen molar-refractivity contribution in [1.82, 2.24) is 9.80 Å². The molecule has 0 spiro atoms. The maximum absolute atomic E-state index is 12.7. The summed E-state index contributed by atoms with van der Waals surface area (Å²) >= 11 is 0. The highest BCUT2D eigenvalue weighted by Gasteiger charge is 2.31. The number of likely N-dealkylation sites (N-methyl/N-ethyl adjacent to an activating group) is 1. The minimum Gasteiger partial charge on any atom is -0.337 e. The zero-order valence-corrected chi connectivity index (χ0v) is 13.4. The van der Waals surface area contributed by atoms with Crippen molar-refractivity contribution >= 4 is 17.5 Å². The van der Waals surface area contributed by atoms with Gasteiger partial charge in [0.2, 0.25) is 5.91 Å². The summed E-state index contributed by atoms with van der Waals surface area (Å²) in [6.07, 6.45) is -5.34. The van der Waals surface area contributed by atoms with Crippen LogP contribution in [0.25, 0.3) is 0 Å². The number of rotatable bonds is 3. The molecule has 0 radical (unpaired) electrons. The molecule has 1 heterocycles. The first-order valence-corrected chi connectivity index (χ1v) is 7.70. The predicted molar refractivity (Wildman–Crippen MR) is 83.8 cm³/mol. The Bertz CT molecular complexity index is 604. The van der Waals surface area contributed by atoms with Gasteiger partial charge in [-0.2, -0.15) is 13.2 Å². The fourth-order valence-electron chi connectivity index (χ4n) is 2.58. The first-order valence-electron chi connectivity index (χ1n) is 7.70. The molecule has 24 heavy (non-hydrogen) atoms. The van der Waals surface area contributed by atoms with E-state index < -0.39 is 18.5 Å². The van der Waals surface area contributed by atoms with Crippen molar-refractivity contribution < 1.29 is 22.8 Å². The maximum atomic E-state index is 12.7. The van der Waals surface area contributed by atoms with Gasteiger partial charge in [-0.3, -0.25) is 9.59 Å². The molecule has 1 N–H and O–H groups in total. The molecule has 1 fully saturated rings. The van der Waals surface area contributed by atoms with Crippen LogP contribution in [0.3, 0.4) is 0 Å². The highest BCUT2D eigenvalue weighted by molar-refractivity contribution is 6.03. The molecule has 0 atom stereocenters. The van der Waals surface area contributed by atoms with Crippen LogP contribution in [0, 0.1) is 0 Å². The van der Waals surface area contributed by atoms with Crippen LogP contribution in [0.2, 0.25) is 0 Å². The molecule has 1 aliphatic heterocycles. The molecule has 2 amide bonds. The Balaban J connectivity index is 2.12. The van der Waals surface area contributed by atoms with Crippen LogP contribution in [0.15, 0.2) is 24.3 Å². The van der Waals surface area contributed by atoms with Gasteiger partial charge >= 0.3 is 6.18 Å². The molecule has 1 aliphatic rings. The monoisotopic (exact) mass is 343 g/mol. The van der Waals surface area contributed by atoms with Crippen LogP contribution in [0.4, 0.5) is 18.9 Å². The van der Waals surface area contributed by atoms with Gasteiger partial charge in [0.15, 0.2) is 0 Å². The largest absolute Gasteiger partial charge is 0.397 e. The van der Waals surface area contributed by atoms with Gasteiger partial charge in [-0.25, -0.2) is 0 Å². The summed E-state index contributed by atoms with van der Waals surface area (Å²) in [6.45, 7) is 2.73. The van der Waals surface area contributed by atoms with Crippen molar-refractivity contribution in [3.8, 4) is 0 Å². The summed E-state index contributed by atoms with van der Waals surface area (Å²) < 4.78 is 36.9. The number of halogens is 3. The third-order valence-corrected chi connectivity index (χ3v) is 3.80. The Hall–Kier alpha value is -2.09. The van der Waals surface area contributed by atoms with Gasteiger partial charge in [-0.1, -0.05) is 12.1 Å². The molecule has 0 aliphatic carbocycles. The van der Waals surface area contributed by atoms with E-state index in [2.05, 4.69) is 10.2 Å². The minimum absolute atomic E-state index is 0.106. The Morgan fingerprint density at radius 2 is 1.83 bits per heavy atom. The summed E-state index contributed by atoms with van der Waals surface area (Å²) in [5, 5.41) is 2.19. The number of para-hydroxylation sites is 1. The van der Waals surface area contributed by atoms with Crippen LogP contribution in [0.1, 0.15) is 23.2 Å². The van der Waals surface area contributed by atoms with E-state index in [1.807, 2.05) is 7.05 Å². The quantitative estimate of drug-likeness (QED) is 0.917. The van der Waals surface area contributed by atoms with Crippen LogP contribution in [0.5, 0.6) is 0 Å². The van der Waals surface area contributed by atoms with E-state index in [9.17, 15) is 22.8 Å². The van der Waals surface area contributed by atoms with Crippen LogP contribution in [-0.4, -0.2) is 61.0 Å². The average Bonchev–Trinajstić information content (AvgIpc) is 2.70. The highest BCUT2D eigenvalue weighted by atomic mass is 19.4. The van der Waals surface area contributed by atoms with E-state index in [0.717, 1.165) is 19.5 Å². The standard InChI is InChI=1S/C16H20F3N3O2/c1-21-7-4-8-22(10-9-21)15(24)12-5-2-3-6-13(12)20-14(23)11-16(17,18)19/h2-3,5-6H,4,7-11H2,1H3,(H,20,23). The lowest BCUT2D eigenvalue weighted by atomic mass is 10.1. The number of nitrogens with one attached hydrogen (secondary N) is 1. The second-order valence-corrected chi connectivity index (χ2v) is 5.83. The topological polar surface area (TPSA) is 52.6 Å². The van der Waals surface area contributed by atoms with Crippen LogP contribution < -0.4 is 5.32 Å². The number of anilines is 1. The van der Waals surface area contributed by atoms with E-state index in [1.165, 1.54) is 12.1 Å². The molecule has 0 unspecified atom stereocenters. The highest BCUT2D eigenvalue weighted by Crippen LogP contribution is 2.22. The van der Waals surface area contributed by atoms with Gasteiger partial charge in [-0.05, 0) is 32.1 Å². The molecular weight excluding hydrogens is 323 g/mol. The number of amides is 2. The summed E-state index contributed by atoms with van der Waals surface area (Å²) in [5.74, 6) is -1.47. The molecule has 0 aromatic heterocycles. The van der Waals surface area contributed by atoms with Crippen molar-refractivity contribution in [2.45, 2.75) is 19.0 Å². The van der Waals surface area contributed by atoms with Crippen molar-refractivity contribution in [3.63, 3.8) is 0 Å². The number of hydrogen-bond donors (Lipinski definition) is 1. The summed E-state index contributed by atoms with van der Waals surface area (Å²) in [6, 6.07) is 6.14. The van der Waals surface area contributed by atoms with Crippen molar-refractivity contribution in [2.24, 2.45) is 0 Å². The SMILES string of the molecule is CN1CCCN(C(=O)c2ccccc2NC(=O)CC(F)(F)F)CC1. The Morgan fingerprint density at radius 1 is 1.12 bits per heavy atom. The summed E-state index contributed by atoms with van der Waals surface area (Å²) in [4.78, 5) is 28.0. The van der Waals surface area contributed by atoms with Gasteiger partial charge in [-0.15, -0.1) is 0 Å². The van der Waals surface area contributed by atoms with Gasteiger partial charge < -0.3 is 15.1 Å². The number of carbonyl (C=O) groups is 2. The molecule has 1 aromatic carbocycles. The average molecular weight is 343 g/mol. The zero-order valence-electron chi connectivity index (χ0n) is 13.4. The Morgan fingerprint density at radius 3 is 2.54 bits per heavy atom. The van der Waals surface area contributed by atoms with E-state index >= 15 is 0 Å². The van der Waals surface area contributed by atoms with E-state index in [1.54, 1.807) is 17.0 Å². The van der Waals surface area contributed by atoms with Gasteiger partial charge in [0.25, 0.3) is 5.91 Å². The Labute approximate surface area is 138 Å². The summed E-state index contributed by atoms with van der Waals surface area (Å²) in [5.41, 5.74) is 0.312. The second-order valence-electron chi connectivity index (χ2n) is 5.83. The molecule has 2 rings (SSSR count). The first kappa shape index (κ1) is 18.3. The molecule has 8 heteroatoms. The molecule has 0 bridgehead atoms. The number of alkyl halides is 3. The smallest absolute Gasteiger partial charge is 0.337 e. The van der Waals surface area contributed by atoms with Crippen LogP contribution >= 0.6 is 0 Å². The number of carbonyl (C=O) groups excluding carboxylic acids is 2. The normalized spacial score (nSPS) is 16.6. The lowest BCUT2D eigenvalue weighted by Gasteiger charge is -2.22. The fourth-order valence-corrected chi connectivity index (χ4v) is 2.58. The summed E-state index contributed by atoms with van der Waals surface area (Å²) in [7, 11) is 1.97. The molecule has 1 saturated heterocycles.